The second-order valence-corrected chi connectivity index (χ2v) is 4.72. The molecule has 0 aliphatic rings. The predicted molar refractivity (Wildman–Crippen MR) is 70.4 cm³/mol. The number of aromatic nitrogens is 1. The Hall–Kier alpha value is -1.13. The molecule has 1 aromatic heterocycles. The van der Waals surface area contributed by atoms with E-state index >= 15 is 0 Å². The maximum atomic E-state index is 5.65. The van der Waals surface area contributed by atoms with Gasteiger partial charge in [-0.1, -0.05) is 0 Å². The number of hydrogen-bond donors (Lipinski definition) is 1. The third kappa shape index (κ3) is 4.71. The van der Waals surface area contributed by atoms with Gasteiger partial charge < -0.3 is 15.0 Å². The Morgan fingerprint density at radius 1 is 1.35 bits per heavy atom. The Bertz CT molecular complexity index is 339. The fourth-order valence-electron chi connectivity index (χ4n) is 1.69. The first-order valence-corrected chi connectivity index (χ1v) is 5.96. The van der Waals surface area contributed by atoms with Crippen molar-refractivity contribution in [2.24, 2.45) is 0 Å². The van der Waals surface area contributed by atoms with Crippen LogP contribution in [-0.4, -0.2) is 43.7 Å². The summed E-state index contributed by atoms with van der Waals surface area (Å²) in [6.07, 6.45) is 3.82. The van der Waals surface area contributed by atoms with Crippen LogP contribution in [-0.2, 0) is 0 Å². The quantitative estimate of drug-likeness (QED) is 0.817. The molecule has 4 heteroatoms. The van der Waals surface area contributed by atoms with Crippen LogP contribution < -0.4 is 10.1 Å². The average molecular weight is 237 g/mol. The molecular formula is C13H23N3O. The van der Waals surface area contributed by atoms with E-state index in [4.69, 9.17) is 4.74 Å². The summed E-state index contributed by atoms with van der Waals surface area (Å²) < 4.78 is 5.65. The first-order chi connectivity index (χ1) is 8.02. The number of likely N-dealkylation sites (N-methyl/N-ethyl adjacent to an activating group) is 2. The minimum Gasteiger partial charge on any atom is -0.489 e. The van der Waals surface area contributed by atoms with Crippen LogP contribution >= 0.6 is 0 Å². The zero-order chi connectivity index (χ0) is 12.8. The fraction of sp³-hybridized carbons (Fsp3) is 0.615. The van der Waals surface area contributed by atoms with Gasteiger partial charge in [0.15, 0.2) is 0 Å². The van der Waals surface area contributed by atoms with Crippen molar-refractivity contribution in [1.82, 2.24) is 15.2 Å². The molecule has 1 unspecified atom stereocenters. The maximum Gasteiger partial charge on any atom is 0.138 e. The molecule has 17 heavy (non-hydrogen) atoms. The van der Waals surface area contributed by atoms with E-state index < -0.39 is 0 Å². The van der Waals surface area contributed by atoms with Crippen LogP contribution in [0.3, 0.4) is 0 Å². The largest absolute Gasteiger partial charge is 0.489 e. The van der Waals surface area contributed by atoms with Gasteiger partial charge in [-0.15, -0.1) is 0 Å². The fourth-order valence-corrected chi connectivity index (χ4v) is 1.69. The molecule has 0 aliphatic carbocycles. The highest BCUT2D eigenvalue weighted by atomic mass is 16.5. The Balaban J connectivity index is 2.81. The van der Waals surface area contributed by atoms with Gasteiger partial charge in [0.25, 0.3) is 0 Å². The van der Waals surface area contributed by atoms with E-state index in [1.54, 1.807) is 6.20 Å². The summed E-state index contributed by atoms with van der Waals surface area (Å²) >= 11 is 0. The Labute approximate surface area is 104 Å². The molecule has 0 spiro atoms. The number of nitrogens with one attached hydrogen (secondary N) is 1. The molecule has 1 atom stereocenters. The van der Waals surface area contributed by atoms with Gasteiger partial charge in [-0.2, -0.15) is 0 Å². The van der Waals surface area contributed by atoms with Crippen molar-refractivity contribution in [3.63, 3.8) is 0 Å². The van der Waals surface area contributed by atoms with Crippen LogP contribution in [0, 0.1) is 0 Å². The summed E-state index contributed by atoms with van der Waals surface area (Å²) in [5.41, 5.74) is 1.15. The highest BCUT2D eigenvalue weighted by molar-refractivity contribution is 5.26. The molecule has 0 saturated carbocycles. The summed E-state index contributed by atoms with van der Waals surface area (Å²) in [5.74, 6) is 0.830. The lowest BCUT2D eigenvalue weighted by Crippen LogP contribution is -2.28. The molecule has 0 bridgehead atoms. The van der Waals surface area contributed by atoms with Crippen molar-refractivity contribution < 1.29 is 4.74 Å². The average Bonchev–Trinajstić information content (AvgIpc) is 2.25. The molecule has 0 radical (unpaired) electrons. The molecule has 1 heterocycles. The second kappa shape index (κ2) is 6.57. The van der Waals surface area contributed by atoms with Crippen LogP contribution in [0.2, 0.25) is 0 Å². The van der Waals surface area contributed by atoms with Crippen molar-refractivity contribution in [3.8, 4) is 5.75 Å². The molecule has 1 rings (SSSR count). The molecule has 0 aromatic carbocycles. The van der Waals surface area contributed by atoms with E-state index in [0.29, 0.717) is 0 Å². The van der Waals surface area contributed by atoms with Gasteiger partial charge >= 0.3 is 0 Å². The van der Waals surface area contributed by atoms with Crippen LogP contribution in [0.25, 0.3) is 0 Å². The summed E-state index contributed by atoms with van der Waals surface area (Å²) in [6.45, 7) is 4.97. The van der Waals surface area contributed by atoms with E-state index in [-0.39, 0.29) is 12.1 Å². The van der Waals surface area contributed by atoms with Gasteiger partial charge in [-0.05, 0) is 46.6 Å². The molecule has 96 valence electrons. The molecule has 0 saturated heterocycles. The predicted octanol–water partition coefficient (Wildman–Crippen LogP) is 1.69. The van der Waals surface area contributed by atoms with E-state index in [1.165, 1.54) is 0 Å². The van der Waals surface area contributed by atoms with Gasteiger partial charge in [0.2, 0.25) is 0 Å². The summed E-state index contributed by atoms with van der Waals surface area (Å²) in [4.78, 5) is 6.38. The van der Waals surface area contributed by atoms with Crippen molar-refractivity contribution >= 4 is 0 Å². The Morgan fingerprint density at radius 3 is 2.59 bits per heavy atom. The smallest absolute Gasteiger partial charge is 0.138 e. The molecule has 4 nitrogen and oxygen atoms in total. The van der Waals surface area contributed by atoms with E-state index in [2.05, 4.69) is 35.4 Å². The highest BCUT2D eigenvalue weighted by Crippen LogP contribution is 2.18. The van der Waals surface area contributed by atoms with Gasteiger partial charge in [0.1, 0.15) is 5.75 Å². The number of ether oxygens (including phenoxy) is 1. The van der Waals surface area contributed by atoms with E-state index in [0.717, 1.165) is 17.9 Å². The standard InChI is InChI=1S/C13H23N3O/c1-10(2)17-12-6-11(7-15-8-12)13(14-3)9-16(4)5/h6-8,10,13-14H,9H2,1-5H3. The zero-order valence-corrected chi connectivity index (χ0v) is 11.4. The third-order valence-corrected chi connectivity index (χ3v) is 2.40. The van der Waals surface area contributed by atoms with Crippen LogP contribution in [0.4, 0.5) is 0 Å². The third-order valence-electron chi connectivity index (χ3n) is 2.40. The number of hydrogen-bond acceptors (Lipinski definition) is 4. The summed E-state index contributed by atoms with van der Waals surface area (Å²) in [6, 6.07) is 2.32. The second-order valence-electron chi connectivity index (χ2n) is 4.72. The molecule has 0 amide bonds. The molecule has 0 fully saturated rings. The lowest BCUT2D eigenvalue weighted by atomic mass is 10.1. The van der Waals surface area contributed by atoms with Crippen LogP contribution in [0.1, 0.15) is 25.5 Å². The minimum absolute atomic E-state index is 0.175. The van der Waals surface area contributed by atoms with Crippen molar-refractivity contribution in [2.75, 3.05) is 27.7 Å². The van der Waals surface area contributed by atoms with Gasteiger partial charge in [-0.3, -0.25) is 4.98 Å². The number of rotatable bonds is 6. The lowest BCUT2D eigenvalue weighted by molar-refractivity contribution is 0.240. The Morgan fingerprint density at radius 2 is 2.06 bits per heavy atom. The van der Waals surface area contributed by atoms with E-state index in [1.807, 2.05) is 27.1 Å². The monoisotopic (exact) mass is 237 g/mol. The van der Waals surface area contributed by atoms with Crippen molar-refractivity contribution in [3.05, 3.63) is 24.0 Å². The zero-order valence-electron chi connectivity index (χ0n) is 11.4. The van der Waals surface area contributed by atoms with Crippen LogP contribution in [0.5, 0.6) is 5.75 Å². The van der Waals surface area contributed by atoms with Gasteiger partial charge in [0.05, 0.1) is 12.3 Å². The van der Waals surface area contributed by atoms with E-state index in [9.17, 15) is 0 Å². The first-order valence-electron chi connectivity index (χ1n) is 5.96. The number of pyridine rings is 1. The summed E-state index contributed by atoms with van der Waals surface area (Å²) in [7, 11) is 6.09. The van der Waals surface area contributed by atoms with Gasteiger partial charge in [0, 0.05) is 18.8 Å². The van der Waals surface area contributed by atoms with Crippen LogP contribution in [0.15, 0.2) is 18.5 Å². The number of nitrogens with zero attached hydrogens (tertiary/aromatic N) is 2. The highest BCUT2D eigenvalue weighted by Gasteiger charge is 2.11. The normalized spacial score (nSPS) is 13.1. The summed E-state index contributed by atoms with van der Waals surface area (Å²) in [5, 5.41) is 3.29. The molecule has 1 aromatic rings. The first kappa shape index (κ1) is 13.9. The Kier molecular flexibility index (Phi) is 5.38. The minimum atomic E-state index is 0.175. The lowest BCUT2D eigenvalue weighted by Gasteiger charge is -2.21. The van der Waals surface area contributed by atoms with Crippen molar-refractivity contribution in [2.45, 2.75) is 26.0 Å². The molecule has 1 N–H and O–H groups in total. The topological polar surface area (TPSA) is 37.4 Å². The maximum absolute atomic E-state index is 5.65. The molecule has 0 aliphatic heterocycles. The van der Waals surface area contributed by atoms with Crippen molar-refractivity contribution in [1.29, 1.82) is 0 Å². The molecular weight excluding hydrogens is 214 g/mol. The SMILES string of the molecule is CNC(CN(C)C)c1cncc(OC(C)C)c1. The van der Waals surface area contributed by atoms with Gasteiger partial charge in [-0.25, -0.2) is 0 Å².